The molecule has 1 saturated heterocycles. The summed E-state index contributed by atoms with van der Waals surface area (Å²) in [6.45, 7) is 5.97. The Labute approximate surface area is 79.4 Å². The fourth-order valence-corrected chi connectivity index (χ4v) is 1.89. The van der Waals surface area contributed by atoms with E-state index in [1.165, 1.54) is 4.90 Å². The Morgan fingerprint density at radius 1 is 1.69 bits per heavy atom. The number of nitrogens with one attached hydrogen (secondary N) is 1. The van der Waals surface area contributed by atoms with Gasteiger partial charge in [-0.3, -0.25) is 0 Å². The quantitative estimate of drug-likeness (QED) is 0.327. The molecule has 0 amide bonds. The second kappa shape index (κ2) is 4.29. The van der Waals surface area contributed by atoms with Crippen LogP contribution >= 0.6 is 0 Å². The van der Waals surface area contributed by atoms with Crippen LogP contribution in [0.15, 0.2) is 5.16 Å². The Morgan fingerprint density at radius 3 is 2.92 bits per heavy atom. The highest BCUT2D eigenvalue weighted by atomic mass is 16.4. The predicted octanol–water partition coefficient (Wildman–Crippen LogP) is -0.237. The molecule has 0 aromatic rings. The van der Waals surface area contributed by atoms with E-state index in [0.29, 0.717) is 12.0 Å². The lowest BCUT2D eigenvalue weighted by Crippen LogP contribution is -3.17. The zero-order valence-electron chi connectivity index (χ0n) is 8.25. The first-order valence-corrected chi connectivity index (χ1v) is 4.68. The molecule has 0 aromatic carbocycles. The van der Waals surface area contributed by atoms with Crippen molar-refractivity contribution in [1.82, 2.24) is 0 Å². The zero-order chi connectivity index (χ0) is 9.84. The maximum atomic E-state index is 8.73. The van der Waals surface area contributed by atoms with Gasteiger partial charge in [-0.2, -0.15) is 0 Å². The highest BCUT2D eigenvalue weighted by molar-refractivity contribution is 5.86. The summed E-state index contributed by atoms with van der Waals surface area (Å²) in [5, 5.41) is 12.1. The van der Waals surface area contributed by atoms with Gasteiger partial charge in [0.05, 0.1) is 18.3 Å². The minimum Gasteiger partial charge on any atom is -0.411 e. The molecule has 0 aromatic heterocycles. The van der Waals surface area contributed by atoms with Gasteiger partial charge < -0.3 is 10.1 Å². The van der Waals surface area contributed by atoms with Gasteiger partial charge in [-0.05, 0) is 12.8 Å². The van der Waals surface area contributed by atoms with Crippen LogP contribution in [-0.4, -0.2) is 30.1 Å². The molecule has 3 nitrogen and oxygen atoms in total. The molecule has 1 fully saturated rings. The van der Waals surface area contributed by atoms with E-state index < -0.39 is 0 Å². The largest absolute Gasteiger partial charge is 0.411 e. The number of nitrogens with zero attached hydrogens (tertiary/aromatic N) is 1. The first-order valence-electron chi connectivity index (χ1n) is 4.68. The van der Waals surface area contributed by atoms with Crippen LogP contribution in [0.5, 0.6) is 0 Å². The van der Waals surface area contributed by atoms with Crippen molar-refractivity contribution in [2.45, 2.75) is 26.3 Å². The van der Waals surface area contributed by atoms with Gasteiger partial charge in [-0.1, -0.05) is 12.1 Å². The summed E-state index contributed by atoms with van der Waals surface area (Å²) < 4.78 is 0. The van der Waals surface area contributed by atoms with Crippen LogP contribution < -0.4 is 4.90 Å². The predicted molar refractivity (Wildman–Crippen MR) is 52.0 cm³/mol. The van der Waals surface area contributed by atoms with Gasteiger partial charge in [-0.25, -0.2) is 0 Å². The molecule has 0 aliphatic carbocycles. The minimum atomic E-state index is 0.351. The van der Waals surface area contributed by atoms with Gasteiger partial charge >= 0.3 is 0 Å². The Morgan fingerprint density at radius 2 is 2.38 bits per heavy atom. The third-order valence-corrected chi connectivity index (χ3v) is 2.81. The molecular formula is C10H17N2O+. The third-order valence-electron chi connectivity index (χ3n) is 2.81. The van der Waals surface area contributed by atoms with Gasteiger partial charge in [0, 0.05) is 12.3 Å². The summed E-state index contributed by atoms with van der Waals surface area (Å²) in [5.41, 5.74) is 0.910. The van der Waals surface area contributed by atoms with Crippen LogP contribution in [0.2, 0.25) is 0 Å². The Bertz CT molecular complexity index is 242. The van der Waals surface area contributed by atoms with Gasteiger partial charge in [-0.15, -0.1) is 6.42 Å². The smallest absolute Gasteiger partial charge is 0.139 e. The topological polar surface area (TPSA) is 37.0 Å². The lowest BCUT2D eigenvalue weighted by molar-refractivity contribution is -0.920. The molecule has 0 saturated carbocycles. The molecule has 72 valence electrons. The van der Waals surface area contributed by atoms with E-state index in [2.05, 4.69) is 24.9 Å². The van der Waals surface area contributed by atoms with Gasteiger partial charge in [0.25, 0.3) is 0 Å². The summed E-state index contributed by atoms with van der Waals surface area (Å²) in [6.07, 6.45) is 6.14. The van der Waals surface area contributed by atoms with Crippen molar-refractivity contribution in [2.75, 3.05) is 13.1 Å². The van der Waals surface area contributed by atoms with Crippen LogP contribution in [0.3, 0.4) is 0 Å². The number of oxime groups is 1. The van der Waals surface area contributed by atoms with Crippen molar-refractivity contribution >= 4 is 5.71 Å². The highest BCUT2D eigenvalue weighted by Gasteiger charge is 2.30. The lowest BCUT2D eigenvalue weighted by atomic mass is 9.93. The number of piperidine rings is 1. The monoisotopic (exact) mass is 181 g/mol. The molecule has 1 aliphatic heterocycles. The first kappa shape index (κ1) is 10.1. The Balaban J connectivity index is 2.62. The van der Waals surface area contributed by atoms with Crippen molar-refractivity contribution in [2.24, 2.45) is 11.1 Å². The minimum absolute atomic E-state index is 0.351. The molecule has 1 unspecified atom stereocenters. The number of quaternary nitrogens is 1. The second-order valence-corrected chi connectivity index (χ2v) is 3.84. The number of terminal acetylenes is 1. The van der Waals surface area contributed by atoms with Gasteiger partial charge in [0.2, 0.25) is 0 Å². The molecule has 1 heterocycles. The van der Waals surface area contributed by atoms with E-state index in [1.807, 2.05) is 0 Å². The molecule has 3 atom stereocenters. The zero-order valence-corrected chi connectivity index (χ0v) is 8.25. The summed E-state index contributed by atoms with van der Waals surface area (Å²) in [5.74, 6) is 3.03. The fourth-order valence-electron chi connectivity index (χ4n) is 1.89. The maximum Gasteiger partial charge on any atom is 0.139 e. The Kier molecular flexibility index (Phi) is 3.32. The normalized spacial score (nSPS) is 37.3. The van der Waals surface area contributed by atoms with Crippen molar-refractivity contribution in [3.63, 3.8) is 0 Å². The fraction of sp³-hybridized carbons (Fsp3) is 0.700. The SMILES string of the molecule is C#CC[NH+]1C[C@@H](C)C(=NO)C[C@H]1C. The van der Waals surface area contributed by atoms with E-state index in [9.17, 15) is 0 Å². The van der Waals surface area contributed by atoms with Gasteiger partial charge in [0.15, 0.2) is 0 Å². The van der Waals surface area contributed by atoms with E-state index >= 15 is 0 Å². The van der Waals surface area contributed by atoms with E-state index in [0.717, 1.165) is 25.2 Å². The molecule has 0 radical (unpaired) electrons. The average molecular weight is 181 g/mol. The van der Waals surface area contributed by atoms with Gasteiger partial charge in [0.1, 0.15) is 6.54 Å². The van der Waals surface area contributed by atoms with Crippen LogP contribution in [0.25, 0.3) is 0 Å². The second-order valence-electron chi connectivity index (χ2n) is 3.84. The van der Waals surface area contributed by atoms with Crippen LogP contribution in [0.1, 0.15) is 20.3 Å². The van der Waals surface area contributed by atoms with Crippen molar-refractivity contribution < 1.29 is 10.1 Å². The van der Waals surface area contributed by atoms with Crippen LogP contribution in [0.4, 0.5) is 0 Å². The highest BCUT2D eigenvalue weighted by Crippen LogP contribution is 2.07. The summed E-state index contributed by atoms with van der Waals surface area (Å²) in [6, 6.07) is 0.471. The molecule has 2 N–H and O–H groups in total. The third kappa shape index (κ3) is 2.22. The molecule has 3 heteroatoms. The number of hydrogen-bond acceptors (Lipinski definition) is 2. The van der Waals surface area contributed by atoms with Crippen molar-refractivity contribution in [1.29, 1.82) is 0 Å². The number of hydrogen-bond donors (Lipinski definition) is 2. The number of likely N-dealkylation sites (tertiary alicyclic amines) is 1. The summed E-state index contributed by atoms with van der Waals surface area (Å²) in [7, 11) is 0. The van der Waals surface area contributed by atoms with Crippen LogP contribution in [0, 0.1) is 18.3 Å². The standard InChI is InChI=1S/C10H16N2O/c1-4-5-12-7-8(2)10(11-13)6-9(12)3/h1,8-9,13H,5-7H2,2-3H3/p+1/t8-,9-/m1/s1. The summed E-state index contributed by atoms with van der Waals surface area (Å²) in [4.78, 5) is 1.42. The molecule has 0 spiro atoms. The van der Waals surface area contributed by atoms with E-state index in [4.69, 9.17) is 11.6 Å². The molecule has 1 rings (SSSR count). The first-order chi connectivity index (χ1) is 6.19. The van der Waals surface area contributed by atoms with E-state index in [-0.39, 0.29) is 0 Å². The van der Waals surface area contributed by atoms with E-state index in [1.54, 1.807) is 0 Å². The molecule has 13 heavy (non-hydrogen) atoms. The number of rotatable bonds is 1. The summed E-state index contributed by atoms with van der Waals surface area (Å²) >= 11 is 0. The maximum absolute atomic E-state index is 8.73. The average Bonchev–Trinajstić information content (AvgIpc) is 2.11. The van der Waals surface area contributed by atoms with Crippen molar-refractivity contribution in [3.8, 4) is 12.3 Å². The Hall–Kier alpha value is -1.01. The molecule has 1 aliphatic rings. The van der Waals surface area contributed by atoms with Crippen molar-refractivity contribution in [3.05, 3.63) is 0 Å². The lowest BCUT2D eigenvalue weighted by Gasteiger charge is -2.32. The van der Waals surface area contributed by atoms with Crippen LogP contribution in [-0.2, 0) is 0 Å². The molecule has 0 bridgehead atoms. The molecular weight excluding hydrogens is 164 g/mol.